The lowest BCUT2D eigenvalue weighted by Gasteiger charge is -2.34. The smallest absolute Gasteiger partial charge is 0.160 e. The maximum Gasteiger partial charge on any atom is 0.160 e. The van der Waals surface area contributed by atoms with Gasteiger partial charge in [-0.2, -0.15) is 0 Å². The van der Waals surface area contributed by atoms with Gasteiger partial charge in [0, 0.05) is 50.0 Å². The Bertz CT molecular complexity index is 3700. The summed E-state index contributed by atoms with van der Waals surface area (Å²) in [5.41, 5.74) is 16.3. The first-order valence-corrected chi connectivity index (χ1v) is 22.1. The highest BCUT2D eigenvalue weighted by molar-refractivity contribution is 6.10. The van der Waals surface area contributed by atoms with Gasteiger partial charge in [-0.1, -0.05) is 182 Å². The fraction of sp³-hybridized carbons (Fsp3) is 0.0167. The topological polar surface area (TPSA) is 48.5 Å². The van der Waals surface area contributed by atoms with Gasteiger partial charge in [-0.15, -0.1) is 0 Å². The van der Waals surface area contributed by atoms with Crippen molar-refractivity contribution >= 4 is 32.8 Å². The summed E-state index contributed by atoms with van der Waals surface area (Å²) >= 11 is 0. The maximum atomic E-state index is 5.73. The van der Waals surface area contributed by atoms with Crippen molar-refractivity contribution in [3.8, 4) is 56.7 Å². The average molecular weight is 830 g/mol. The van der Waals surface area contributed by atoms with Crippen LogP contribution in [0.15, 0.2) is 237 Å². The van der Waals surface area contributed by atoms with Crippen LogP contribution in [0.1, 0.15) is 22.3 Å². The third-order valence-corrected chi connectivity index (χ3v) is 13.2. The third kappa shape index (κ3) is 5.62. The number of fused-ring (bicyclic) bond motifs is 7. The van der Waals surface area contributed by atoms with Crippen LogP contribution in [0.5, 0.6) is 0 Å². The van der Waals surface area contributed by atoms with E-state index in [9.17, 15) is 0 Å². The molecule has 0 saturated heterocycles. The predicted molar refractivity (Wildman–Crippen MR) is 265 cm³/mol. The number of para-hydroxylation sites is 5. The highest BCUT2D eigenvalue weighted by Crippen LogP contribution is 2.58. The Kier molecular flexibility index (Phi) is 8.36. The predicted octanol–water partition coefficient (Wildman–Crippen LogP) is 14.3. The molecule has 0 radical (unpaired) electrons. The molecule has 0 bridgehead atoms. The van der Waals surface area contributed by atoms with Gasteiger partial charge >= 0.3 is 0 Å². The first-order chi connectivity index (χ1) is 32.3. The lowest BCUT2D eigenvalue weighted by atomic mass is 9.67. The summed E-state index contributed by atoms with van der Waals surface area (Å²) in [5, 5.41) is 2.36. The molecule has 12 aromatic rings. The molecule has 304 valence electrons. The molecule has 0 spiro atoms. The summed E-state index contributed by atoms with van der Waals surface area (Å²) < 4.78 is 4.61. The third-order valence-electron chi connectivity index (χ3n) is 13.2. The molecule has 9 aromatic carbocycles. The van der Waals surface area contributed by atoms with Gasteiger partial charge < -0.3 is 4.57 Å². The van der Waals surface area contributed by atoms with E-state index in [0.29, 0.717) is 5.82 Å². The molecule has 0 amide bonds. The number of rotatable bonds is 7. The number of aromatic nitrogens is 5. The van der Waals surface area contributed by atoms with Gasteiger partial charge in [0.1, 0.15) is 5.82 Å². The molecule has 5 nitrogen and oxygen atoms in total. The van der Waals surface area contributed by atoms with Crippen LogP contribution in [0, 0.1) is 0 Å². The number of nitrogens with zero attached hydrogens (tertiary/aromatic N) is 5. The lowest BCUT2D eigenvalue weighted by Crippen LogP contribution is -2.29. The lowest BCUT2D eigenvalue weighted by molar-refractivity contribution is 0.763. The summed E-state index contributed by atoms with van der Waals surface area (Å²) in [6.45, 7) is 0. The van der Waals surface area contributed by atoms with E-state index < -0.39 is 5.41 Å². The van der Waals surface area contributed by atoms with E-state index in [1.54, 1.807) is 0 Å². The number of imidazole rings is 1. The van der Waals surface area contributed by atoms with E-state index in [1.807, 2.05) is 12.1 Å². The van der Waals surface area contributed by atoms with E-state index in [0.717, 1.165) is 78.5 Å². The van der Waals surface area contributed by atoms with E-state index in [1.165, 1.54) is 27.5 Å². The molecule has 0 atom stereocenters. The summed E-state index contributed by atoms with van der Waals surface area (Å²) in [7, 11) is 0. The molecule has 0 aliphatic heterocycles. The van der Waals surface area contributed by atoms with Crippen LogP contribution in [-0.4, -0.2) is 24.1 Å². The molecular formula is C60H39N5. The molecule has 65 heavy (non-hydrogen) atoms. The fourth-order valence-corrected chi connectivity index (χ4v) is 10.4. The van der Waals surface area contributed by atoms with Crippen LogP contribution in [-0.2, 0) is 5.41 Å². The fourth-order valence-electron chi connectivity index (χ4n) is 10.4. The number of hydrogen-bond donors (Lipinski definition) is 0. The Labute approximate surface area is 376 Å². The van der Waals surface area contributed by atoms with Crippen molar-refractivity contribution in [2.24, 2.45) is 0 Å². The highest BCUT2D eigenvalue weighted by Gasteiger charge is 2.49. The monoisotopic (exact) mass is 829 g/mol. The first-order valence-electron chi connectivity index (χ1n) is 22.1. The van der Waals surface area contributed by atoms with Crippen molar-refractivity contribution < 1.29 is 0 Å². The molecule has 5 heteroatoms. The quantitative estimate of drug-likeness (QED) is 0.161. The van der Waals surface area contributed by atoms with Crippen molar-refractivity contribution in [1.29, 1.82) is 0 Å². The number of benzene rings is 9. The van der Waals surface area contributed by atoms with Crippen molar-refractivity contribution in [3.63, 3.8) is 0 Å². The second kappa shape index (κ2) is 14.7. The van der Waals surface area contributed by atoms with Crippen LogP contribution in [0.25, 0.3) is 89.5 Å². The Morgan fingerprint density at radius 1 is 0.354 bits per heavy atom. The molecule has 13 rings (SSSR count). The first kappa shape index (κ1) is 36.9. The van der Waals surface area contributed by atoms with Crippen molar-refractivity contribution in [1.82, 2.24) is 24.1 Å². The van der Waals surface area contributed by atoms with Gasteiger partial charge in [0.2, 0.25) is 0 Å². The second-order valence-electron chi connectivity index (χ2n) is 16.7. The maximum absolute atomic E-state index is 5.73. The van der Waals surface area contributed by atoms with Gasteiger partial charge in [0.05, 0.1) is 38.9 Å². The van der Waals surface area contributed by atoms with E-state index in [-0.39, 0.29) is 0 Å². The minimum absolute atomic E-state index is 0.667. The molecule has 0 unspecified atom stereocenters. The molecule has 0 fully saturated rings. The SMILES string of the molecule is c1ccc(-n2c(-c3ccc(-c4nc(-c5ccc6c(c5)c5ccccc5n6-c5ccccc5)c5c(n4)-c4ccccc4C5(c4ccccc4)c4ccccc4)cc3)nc3ccccc32)cc1. The largest absolute Gasteiger partial charge is 0.309 e. The van der Waals surface area contributed by atoms with Crippen LogP contribution < -0.4 is 0 Å². The summed E-state index contributed by atoms with van der Waals surface area (Å²) in [6.07, 6.45) is 0. The van der Waals surface area contributed by atoms with Gasteiger partial charge in [-0.3, -0.25) is 4.57 Å². The Morgan fingerprint density at radius 3 is 1.58 bits per heavy atom. The Hall–Kier alpha value is -8.67. The van der Waals surface area contributed by atoms with Crippen LogP contribution in [0.2, 0.25) is 0 Å². The minimum atomic E-state index is -0.699. The molecule has 1 aliphatic carbocycles. The highest BCUT2D eigenvalue weighted by atomic mass is 15.1. The zero-order chi connectivity index (χ0) is 42.9. The van der Waals surface area contributed by atoms with E-state index in [2.05, 4.69) is 234 Å². The van der Waals surface area contributed by atoms with E-state index >= 15 is 0 Å². The average Bonchev–Trinajstić information content (AvgIpc) is 4.04. The zero-order valence-electron chi connectivity index (χ0n) is 35.3. The molecular weight excluding hydrogens is 791 g/mol. The minimum Gasteiger partial charge on any atom is -0.309 e. The molecule has 1 aliphatic rings. The van der Waals surface area contributed by atoms with Crippen molar-refractivity contribution in [2.75, 3.05) is 0 Å². The molecule has 3 aromatic heterocycles. The van der Waals surface area contributed by atoms with Crippen molar-refractivity contribution in [2.45, 2.75) is 5.41 Å². The zero-order valence-corrected chi connectivity index (χ0v) is 35.3. The van der Waals surface area contributed by atoms with Crippen LogP contribution in [0.4, 0.5) is 0 Å². The molecule has 3 heterocycles. The summed E-state index contributed by atoms with van der Waals surface area (Å²) in [6, 6.07) is 84.2. The number of hydrogen-bond acceptors (Lipinski definition) is 3. The van der Waals surface area contributed by atoms with E-state index in [4.69, 9.17) is 15.0 Å². The van der Waals surface area contributed by atoms with Gasteiger partial charge in [0.25, 0.3) is 0 Å². The van der Waals surface area contributed by atoms with Crippen molar-refractivity contribution in [3.05, 3.63) is 259 Å². The van der Waals surface area contributed by atoms with Gasteiger partial charge in [-0.25, -0.2) is 15.0 Å². The molecule has 0 N–H and O–H groups in total. The van der Waals surface area contributed by atoms with Crippen LogP contribution >= 0.6 is 0 Å². The summed E-state index contributed by atoms with van der Waals surface area (Å²) in [4.78, 5) is 16.5. The normalized spacial score (nSPS) is 12.7. The Morgan fingerprint density at radius 2 is 0.877 bits per heavy atom. The Balaban J connectivity index is 1.07. The second-order valence-corrected chi connectivity index (χ2v) is 16.7. The van der Waals surface area contributed by atoms with Crippen LogP contribution in [0.3, 0.4) is 0 Å². The van der Waals surface area contributed by atoms with Gasteiger partial charge in [-0.05, 0) is 71.3 Å². The van der Waals surface area contributed by atoms with Gasteiger partial charge in [0.15, 0.2) is 5.82 Å². The molecule has 0 saturated carbocycles. The standard InChI is InChI=1S/C60H39N5/c1-5-19-43(20-6-1)60(44-21-7-2-8-22-44)50-29-15-13-28-48(50)57-55(60)56(42-37-38-53-49(39-42)47-27-14-17-31-52(47)64(53)45-23-9-3-10-24-45)62-58(63-57)40-33-35-41(36-34-40)59-61-51-30-16-18-32-54(51)65(59)46-25-11-4-12-26-46/h1-39H. The summed E-state index contributed by atoms with van der Waals surface area (Å²) in [5.74, 6) is 1.55.